The minimum Gasteiger partial charge on any atom is -0.392 e. The van der Waals surface area contributed by atoms with Gasteiger partial charge >= 0.3 is 0 Å². The van der Waals surface area contributed by atoms with Crippen LogP contribution in [0.5, 0.6) is 0 Å². The first-order valence-electron chi connectivity index (χ1n) is 6.01. The molecule has 0 aliphatic carbocycles. The largest absolute Gasteiger partial charge is 0.392 e. The van der Waals surface area contributed by atoms with Crippen molar-refractivity contribution in [3.05, 3.63) is 58.4 Å². The first-order chi connectivity index (χ1) is 9.81. The molecule has 0 spiro atoms. The molecule has 2 rings (SSSR count). The van der Waals surface area contributed by atoms with Gasteiger partial charge in [0.2, 0.25) is 0 Å². The molecule has 0 bridgehead atoms. The molecule has 0 saturated carbocycles. The van der Waals surface area contributed by atoms with Crippen LogP contribution in [-0.4, -0.2) is 13.5 Å². The second-order valence-electron chi connectivity index (χ2n) is 4.52. The summed E-state index contributed by atoms with van der Waals surface area (Å²) in [5.41, 5.74) is 1.02. The van der Waals surface area contributed by atoms with Crippen LogP contribution in [0.1, 0.15) is 11.1 Å². The number of aliphatic hydroxyl groups excluding tert-OH is 1. The predicted molar refractivity (Wildman–Crippen MR) is 79.3 cm³/mol. The fourth-order valence-corrected chi connectivity index (χ4v) is 3.41. The van der Waals surface area contributed by atoms with E-state index in [0.717, 1.165) is 12.1 Å². The molecule has 21 heavy (non-hydrogen) atoms. The van der Waals surface area contributed by atoms with E-state index in [9.17, 15) is 12.8 Å². The number of nitrogens with one attached hydrogen (secondary N) is 1. The van der Waals surface area contributed by atoms with Crippen molar-refractivity contribution in [2.75, 3.05) is 4.72 Å². The van der Waals surface area contributed by atoms with Gasteiger partial charge in [0, 0.05) is 5.02 Å². The van der Waals surface area contributed by atoms with Crippen LogP contribution in [0.4, 0.5) is 10.1 Å². The number of hydrogen-bond donors (Lipinski definition) is 2. The molecular formula is C14H13ClFNO3S. The van der Waals surface area contributed by atoms with Crippen LogP contribution in [0.25, 0.3) is 0 Å². The maximum absolute atomic E-state index is 13.3. The Morgan fingerprint density at radius 2 is 1.95 bits per heavy atom. The van der Waals surface area contributed by atoms with Gasteiger partial charge in [0.05, 0.1) is 17.2 Å². The Hall–Kier alpha value is -1.63. The quantitative estimate of drug-likeness (QED) is 0.906. The molecule has 2 aromatic rings. The van der Waals surface area contributed by atoms with Gasteiger partial charge in [-0.05, 0) is 42.3 Å². The molecular weight excluding hydrogens is 317 g/mol. The van der Waals surface area contributed by atoms with E-state index in [2.05, 4.69) is 4.72 Å². The number of hydrogen-bond acceptors (Lipinski definition) is 3. The van der Waals surface area contributed by atoms with Crippen LogP contribution in [0.2, 0.25) is 5.02 Å². The van der Waals surface area contributed by atoms with Crippen LogP contribution < -0.4 is 4.72 Å². The van der Waals surface area contributed by atoms with Crippen molar-refractivity contribution in [2.45, 2.75) is 18.4 Å². The zero-order valence-electron chi connectivity index (χ0n) is 11.1. The van der Waals surface area contributed by atoms with Crippen molar-refractivity contribution < 1.29 is 17.9 Å². The zero-order valence-corrected chi connectivity index (χ0v) is 12.7. The molecule has 0 aliphatic heterocycles. The number of rotatable bonds is 4. The summed E-state index contributed by atoms with van der Waals surface area (Å²) in [5, 5.41) is 9.19. The van der Waals surface area contributed by atoms with E-state index in [0.29, 0.717) is 11.1 Å². The van der Waals surface area contributed by atoms with E-state index in [1.807, 2.05) is 0 Å². The molecule has 0 aliphatic rings. The lowest BCUT2D eigenvalue weighted by atomic mass is 10.2. The van der Waals surface area contributed by atoms with Gasteiger partial charge in [0.15, 0.2) is 0 Å². The van der Waals surface area contributed by atoms with Gasteiger partial charge < -0.3 is 5.11 Å². The predicted octanol–water partition coefficient (Wildman–Crippen LogP) is 3.08. The van der Waals surface area contributed by atoms with E-state index in [1.165, 1.54) is 12.1 Å². The van der Waals surface area contributed by atoms with Gasteiger partial charge in [-0.15, -0.1) is 0 Å². The Labute approximate surface area is 127 Å². The van der Waals surface area contributed by atoms with Crippen LogP contribution >= 0.6 is 11.6 Å². The second-order valence-corrected chi connectivity index (χ2v) is 6.61. The molecule has 7 heteroatoms. The van der Waals surface area contributed by atoms with E-state index in [-0.39, 0.29) is 22.2 Å². The standard InChI is InChI=1S/C14H13ClFNO3S/c1-9-2-3-10(8-18)4-14(9)21(19,20)17-13-6-11(15)5-12(16)7-13/h2-7,17-18H,8H2,1H3. The van der Waals surface area contributed by atoms with E-state index >= 15 is 0 Å². The molecule has 4 nitrogen and oxygen atoms in total. The van der Waals surface area contributed by atoms with Gasteiger partial charge in [0.25, 0.3) is 10.0 Å². The third-order valence-corrected chi connectivity index (χ3v) is 4.58. The smallest absolute Gasteiger partial charge is 0.262 e. The molecule has 0 unspecified atom stereocenters. The van der Waals surface area contributed by atoms with Crippen LogP contribution in [0.3, 0.4) is 0 Å². The normalized spacial score (nSPS) is 11.4. The fraction of sp³-hybridized carbons (Fsp3) is 0.143. The van der Waals surface area contributed by atoms with Gasteiger partial charge in [-0.25, -0.2) is 12.8 Å². The molecule has 112 valence electrons. The monoisotopic (exact) mass is 329 g/mol. The Bertz CT molecular complexity index is 758. The summed E-state index contributed by atoms with van der Waals surface area (Å²) in [4.78, 5) is 0.0226. The number of halogens is 2. The third-order valence-electron chi connectivity index (χ3n) is 2.84. The van der Waals surface area contributed by atoms with Crippen LogP contribution in [0.15, 0.2) is 41.3 Å². The topological polar surface area (TPSA) is 66.4 Å². The van der Waals surface area contributed by atoms with Gasteiger partial charge in [-0.1, -0.05) is 23.7 Å². The Morgan fingerprint density at radius 3 is 2.57 bits per heavy atom. The third kappa shape index (κ3) is 3.72. The zero-order chi connectivity index (χ0) is 15.6. The number of sulfonamides is 1. The van der Waals surface area contributed by atoms with Crippen molar-refractivity contribution in [3.8, 4) is 0 Å². The highest BCUT2D eigenvalue weighted by atomic mass is 35.5. The summed E-state index contributed by atoms with van der Waals surface area (Å²) in [7, 11) is -3.90. The number of anilines is 1. The summed E-state index contributed by atoms with van der Waals surface area (Å²) in [5.74, 6) is -0.638. The molecule has 0 fully saturated rings. The second kappa shape index (κ2) is 6.01. The van der Waals surface area contributed by atoms with Crippen molar-refractivity contribution in [1.29, 1.82) is 0 Å². The minimum absolute atomic E-state index is 0.0226. The average molecular weight is 330 g/mol. The molecule has 0 amide bonds. The van der Waals surface area contributed by atoms with Gasteiger partial charge in [-0.3, -0.25) is 4.72 Å². The summed E-state index contributed by atoms with van der Waals surface area (Å²) in [6, 6.07) is 8.03. The molecule has 0 heterocycles. The first-order valence-corrected chi connectivity index (χ1v) is 7.87. The number of aryl methyl sites for hydroxylation is 1. The van der Waals surface area contributed by atoms with Crippen LogP contribution in [0, 0.1) is 12.7 Å². The molecule has 0 radical (unpaired) electrons. The van der Waals surface area contributed by atoms with Gasteiger partial charge in [0.1, 0.15) is 5.82 Å². The fourth-order valence-electron chi connectivity index (χ4n) is 1.86. The summed E-state index contributed by atoms with van der Waals surface area (Å²) in [6.07, 6.45) is 0. The molecule has 0 atom stereocenters. The summed E-state index contributed by atoms with van der Waals surface area (Å²) >= 11 is 5.70. The SMILES string of the molecule is Cc1ccc(CO)cc1S(=O)(=O)Nc1cc(F)cc(Cl)c1. The lowest BCUT2D eigenvalue weighted by molar-refractivity contribution is 0.281. The maximum atomic E-state index is 13.3. The van der Waals surface area contributed by atoms with Crippen molar-refractivity contribution >= 4 is 27.3 Å². The summed E-state index contributed by atoms with van der Waals surface area (Å²) in [6.45, 7) is 1.36. The maximum Gasteiger partial charge on any atom is 0.262 e. The van der Waals surface area contributed by atoms with Crippen molar-refractivity contribution in [3.63, 3.8) is 0 Å². The number of benzene rings is 2. The number of aliphatic hydroxyl groups is 1. The molecule has 0 aromatic heterocycles. The summed E-state index contributed by atoms with van der Waals surface area (Å²) < 4.78 is 40.2. The Kier molecular flexibility index (Phi) is 4.51. The van der Waals surface area contributed by atoms with Gasteiger partial charge in [-0.2, -0.15) is 0 Å². The molecule has 2 N–H and O–H groups in total. The first kappa shape index (κ1) is 15.8. The lowest BCUT2D eigenvalue weighted by Crippen LogP contribution is -2.14. The van der Waals surface area contributed by atoms with E-state index in [1.54, 1.807) is 19.1 Å². The highest BCUT2D eigenvalue weighted by Crippen LogP contribution is 2.23. The molecule has 0 saturated heterocycles. The Morgan fingerprint density at radius 1 is 1.24 bits per heavy atom. The minimum atomic E-state index is -3.90. The van der Waals surface area contributed by atoms with E-state index in [4.69, 9.17) is 16.7 Å². The van der Waals surface area contributed by atoms with Crippen LogP contribution in [-0.2, 0) is 16.6 Å². The highest BCUT2D eigenvalue weighted by Gasteiger charge is 2.18. The molecule has 2 aromatic carbocycles. The average Bonchev–Trinajstić information content (AvgIpc) is 2.37. The van der Waals surface area contributed by atoms with Crippen molar-refractivity contribution in [2.24, 2.45) is 0 Å². The van der Waals surface area contributed by atoms with E-state index < -0.39 is 15.8 Å². The Balaban J connectivity index is 2.42. The highest BCUT2D eigenvalue weighted by molar-refractivity contribution is 7.92. The lowest BCUT2D eigenvalue weighted by Gasteiger charge is -2.12. The van der Waals surface area contributed by atoms with Crippen molar-refractivity contribution in [1.82, 2.24) is 0 Å².